The fourth-order valence-corrected chi connectivity index (χ4v) is 2.73. The van der Waals surface area contributed by atoms with Crippen molar-refractivity contribution < 1.29 is 14.3 Å². The number of urea groups is 1. The van der Waals surface area contributed by atoms with Crippen molar-refractivity contribution in [3.8, 4) is 0 Å². The number of hydrogen-bond acceptors (Lipinski definition) is 5. The second-order valence-electron chi connectivity index (χ2n) is 6.39. The molecule has 0 aliphatic carbocycles. The van der Waals surface area contributed by atoms with Gasteiger partial charge in [0.05, 0.1) is 35.5 Å². The van der Waals surface area contributed by atoms with Crippen LogP contribution in [0.25, 0.3) is 22.1 Å². The van der Waals surface area contributed by atoms with E-state index in [1.165, 1.54) is 7.11 Å². The molecule has 0 saturated heterocycles. The van der Waals surface area contributed by atoms with E-state index in [0.717, 1.165) is 34.3 Å². The van der Waals surface area contributed by atoms with E-state index in [2.05, 4.69) is 30.0 Å². The van der Waals surface area contributed by atoms with Crippen LogP contribution < -0.4 is 10.2 Å². The number of methoxy groups -OCH3 is 1. The zero-order chi connectivity index (χ0) is 21.3. The average molecular weight is 408 g/mol. The van der Waals surface area contributed by atoms with Crippen LogP contribution in [0.3, 0.4) is 0 Å². The van der Waals surface area contributed by atoms with Crippen LogP contribution in [0, 0.1) is 0 Å². The molecule has 156 valence electrons. The van der Waals surface area contributed by atoms with E-state index in [-0.39, 0.29) is 5.95 Å². The standard InChI is InChI=1S/C14H18N4O3.C7H6N2/c1-3-4-9-15-13(19)18(14(20)21-2)12-16-10-7-5-6-8-11(10)17-12;1-2-4-7-6(3-1)8-5-9-7/h5-8H,3-4,9H2,1-2H3,(H,15,19)(H,16,17);1-5H,(H,8,9). The molecular formula is C21H24N6O3. The van der Waals surface area contributed by atoms with E-state index in [1.54, 1.807) is 12.4 Å². The Bertz CT molecular complexity index is 1060. The third-order valence-corrected chi connectivity index (χ3v) is 4.28. The molecule has 0 aliphatic rings. The third kappa shape index (κ3) is 4.93. The van der Waals surface area contributed by atoms with E-state index >= 15 is 0 Å². The minimum absolute atomic E-state index is 0.136. The van der Waals surface area contributed by atoms with Gasteiger partial charge in [0.1, 0.15) is 0 Å². The number of ether oxygens (including phenoxy) is 1. The molecule has 0 saturated carbocycles. The molecular weight excluding hydrogens is 384 g/mol. The number of H-pyrrole nitrogens is 2. The van der Waals surface area contributed by atoms with Crippen molar-refractivity contribution >= 4 is 40.1 Å². The van der Waals surface area contributed by atoms with Crippen molar-refractivity contribution in [2.24, 2.45) is 0 Å². The van der Waals surface area contributed by atoms with Gasteiger partial charge in [-0.05, 0) is 30.7 Å². The number of amides is 3. The summed E-state index contributed by atoms with van der Waals surface area (Å²) in [5.41, 5.74) is 3.53. The Morgan fingerprint density at radius 1 is 1.07 bits per heavy atom. The van der Waals surface area contributed by atoms with Crippen LogP contribution in [0.15, 0.2) is 54.9 Å². The van der Waals surface area contributed by atoms with Gasteiger partial charge in [0.15, 0.2) is 0 Å². The molecule has 4 rings (SSSR count). The number of carbonyl (C=O) groups excluding carboxylic acids is 2. The van der Waals surface area contributed by atoms with Gasteiger partial charge in [-0.15, -0.1) is 0 Å². The lowest BCUT2D eigenvalue weighted by atomic mass is 10.3. The fourth-order valence-electron chi connectivity index (χ4n) is 2.73. The summed E-state index contributed by atoms with van der Waals surface area (Å²) in [6.07, 6.45) is 2.69. The van der Waals surface area contributed by atoms with Crippen molar-refractivity contribution in [3.05, 3.63) is 54.9 Å². The number of nitrogens with zero attached hydrogens (tertiary/aromatic N) is 3. The zero-order valence-corrected chi connectivity index (χ0v) is 16.9. The van der Waals surface area contributed by atoms with Gasteiger partial charge < -0.3 is 20.0 Å². The highest BCUT2D eigenvalue weighted by Crippen LogP contribution is 2.17. The summed E-state index contributed by atoms with van der Waals surface area (Å²) in [5, 5.41) is 2.67. The van der Waals surface area contributed by atoms with Gasteiger partial charge in [0.2, 0.25) is 5.95 Å². The number of rotatable bonds is 4. The Morgan fingerprint density at radius 3 is 2.43 bits per heavy atom. The summed E-state index contributed by atoms with van der Waals surface area (Å²) in [6, 6.07) is 14.7. The Labute approximate surface area is 173 Å². The number of hydrogen-bond donors (Lipinski definition) is 3. The van der Waals surface area contributed by atoms with Gasteiger partial charge in [0, 0.05) is 6.54 Å². The van der Waals surface area contributed by atoms with Gasteiger partial charge in [-0.3, -0.25) is 0 Å². The Hall–Kier alpha value is -3.88. The molecule has 3 amide bonds. The minimum Gasteiger partial charge on any atom is -0.452 e. The first-order valence-electron chi connectivity index (χ1n) is 9.62. The molecule has 9 heteroatoms. The number of benzene rings is 2. The van der Waals surface area contributed by atoms with E-state index in [9.17, 15) is 9.59 Å². The second kappa shape index (κ2) is 10.1. The van der Waals surface area contributed by atoms with Crippen molar-refractivity contribution in [1.29, 1.82) is 0 Å². The molecule has 2 heterocycles. The van der Waals surface area contributed by atoms with Crippen molar-refractivity contribution in [2.45, 2.75) is 19.8 Å². The van der Waals surface area contributed by atoms with E-state index in [4.69, 9.17) is 0 Å². The molecule has 4 aromatic rings. The molecule has 0 aliphatic heterocycles. The largest absolute Gasteiger partial charge is 0.452 e. The Kier molecular flexibility index (Phi) is 6.99. The number of para-hydroxylation sites is 4. The lowest BCUT2D eigenvalue weighted by Gasteiger charge is -2.16. The smallest absolute Gasteiger partial charge is 0.424 e. The first kappa shape index (κ1) is 20.8. The molecule has 30 heavy (non-hydrogen) atoms. The molecule has 3 N–H and O–H groups in total. The van der Waals surface area contributed by atoms with Crippen LogP contribution in [-0.4, -0.2) is 45.7 Å². The van der Waals surface area contributed by atoms with Crippen molar-refractivity contribution in [2.75, 3.05) is 18.6 Å². The number of anilines is 1. The lowest BCUT2D eigenvalue weighted by molar-refractivity contribution is 0.177. The van der Waals surface area contributed by atoms with Crippen LogP contribution in [0.4, 0.5) is 15.5 Å². The number of nitrogens with one attached hydrogen (secondary N) is 3. The van der Waals surface area contributed by atoms with Crippen LogP contribution >= 0.6 is 0 Å². The zero-order valence-electron chi connectivity index (χ0n) is 16.9. The second-order valence-corrected chi connectivity index (χ2v) is 6.39. The van der Waals surface area contributed by atoms with Crippen LogP contribution in [0.1, 0.15) is 19.8 Å². The predicted molar refractivity (Wildman–Crippen MR) is 115 cm³/mol. The Morgan fingerprint density at radius 2 is 1.77 bits per heavy atom. The number of carbonyl (C=O) groups is 2. The molecule has 2 aromatic heterocycles. The number of unbranched alkanes of at least 4 members (excludes halogenated alkanes) is 1. The van der Waals surface area contributed by atoms with Gasteiger partial charge in [-0.25, -0.2) is 19.6 Å². The van der Waals surface area contributed by atoms with Crippen LogP contribution in [0.5, 0.6) is 0 Å². The van der Waals surface area contributed by atoms with Crippen LogP contribution in [0.2, 0.25) is 0 Å². The van der Waals surface area contributed by atoms with E-state index < -0.39 is 12.1 Å². The molecule has 0 fully saturated rings. The molecule has 0 radical (unpaired) electrons. The number of aromatic amines is 2. The molecule has 0 spiro atoms. The van der Waals surface area contributed by atoms with E-state index in [0.29, 0.717) is 12.1 Å². The maximum atomic E-state index is 12.1. The van der Waals surface area contributed by atoms with Gasteiger partial charge >= 0.3 is 12.1 Å². The number of aromatic nitrogens is 4. The van der Waals surface area contributed by atoms with Gasteiger partial charge in [-0.1, -0.05) is 37.6 Å². The molecule has 0 bridgehead atoms. The van der Waals surface area contributed by atoms with Gasteiger partial charge in [0.25, 0.3) is 0 Å². The fraction of sp³-hybridized carbons (Fsp3) is 0.238. The normalized spacial score (nSPS) is 10.3. The lowest BCUT2D eigenvalue weighted by Crippen LogP contribution is -2.45. The summed E-state index contributed by atoms with van der Waals surface area (Å²) in [4.78, 5) is 39.1. The number of imide groups is 1. The SMILES string of the molecule is CCCCNC(=O)N(C(=O)OC)c1nc2ccccc2[nH]1.c1ccc2[nH]cnc2c1. The molecule has 0 unspecified atom stereocenters. The number of fused-ring (bicyclic) bond motifs is 2. The minimum atomic E-state index is -0.789. The first-order valence-corrected chi connectivity index (χ1v) is 9.62. The topological polar surface area (TPSA) is 116 Å². The summed E-state index contributed by atoms with van der Waals surface area (Å²) in [6.45, 7) is 2.51. The van der Waals surface area contributed by atoms with Crippen molar-refractivity contribution in [1.82, 2.24) is 25.3 Å². The molecule has 0 atom stereocenters. The van der Waals surface area contributed by atoms with E-state index in [1.807, 2.05) is 49.4 Å². The highest BCUT2D eigenvalue weighted by molar-refractivity contribution is 6.10. The molecule has 2 aromatic carbocycles. The maximum Gasteiger partial charge on any atom is 0.424 e. The predicted octanol–water partition coefficient (Wildman–Crippen LogP) is 4.21. The van der Waals surface area contributed by atoms with Crippen LogP contribution in [-0.2, 0) is 4.74 Å². The molecule has 9 nitrogen and oxygen atoms in total. The summed E-state index contributed by atoms with van der Waals surface area (Å²) >= 11 is 0. The summed E-state index contributed by atoms with van der Waals surface area (Å²) in [5.74, 6) is 0.136. The highest BCUT2D eigenvalue weighted by atomic mass is 16.5. The maximum absolute atomic E-state index is 12.1. The first-order chi connectivity index (χ1) is 14.6. The number of imidazole rings is 2. The quantitative estimate of drug-likeness (QED) is 0.438. The monoisotopic (exact) mass is 408 g/mol. The third-order valence-electron chi connectivity index (χ3n) is 4.28. The Balaban J connectivity index is 0.000000234. The summed E-state index contributed by atoms with van der Waals surface area (Å²) in [7, 11) is 1.22. The average Bonchev–Trinajstić information content (AvgIpc) is 3.41. The highest BCUT2D eigenvalue weighted by Gasteiger charge is 2.27. The van der Waals surface area contributed by atoms with Gasteiger partial charge in [-0.2, -0.15) is 4.90 Å². The van der Waals surface area contributed by atoms with Crippen molar-refractivity contribution in [3.63, 3.8) is 0 Å². The summed E-state index contributed by atoms with van der Waals surface area (Å²) < 4.78 is 4.66.